The molecule has 4 atom stereocenters. The average Bonchev–Trinajstić information content (AvgIpc) is 3.21. The lowest BCUT2D eigenvalue weighted by molar-refractivity contribution is -0.258. The normalized spacial score (nSPS) is 30.0. The van der Waals surface area contributed by atoms with E-state index in [0.29, 0.717) is 13.2 Å². The average molecular weight is 538 g/mol. The second-order valence-electron chi connectivity index (χ2n) is 12.6. The van der Waals surface area contributed by atoms with Gasteiger partial charge in [-0.15, -0.1) is 5.54 Å². The van der Waals surface area contributed by atoms with Gasteiger partial charge in [0.2, 0.25) is 0 Å². The summed E-state index contributed by atoms with van der Waals surface area (Å²) >= 11 is 0. The fourth-order valence-electron chi connectivity index (χ4n) is 4.92. The molecule has 3 rings (SSSR count). The molecule has 0 aromatic heterocycles. The third-order valence-corrected chi connectivity index (χ3v) is 13.0. The Labute approximate surface area is 217 Å². The van der Waals surface area contributed by atoms with Gasteiger partial charge in [-0.05, 0) is 18.1 Å². The number of esters is 1. The predicted octanol–water partition coefficient (Wildman–Crippen LogP) is 4.23. The van der Waals surface area contributed by atoms with Crippen molar-refractivity contribution in [1.29, 1.82) is 0 Å². The van der Waals surface area contributed by atoms with Gasteiger partial charge in [-0.3, -0.25) is 4.79 Å². The van der Waals surface area contributed by atoms with Crippen molar-refractivity contribution in [1.82, 2.24) is 5.32 Å². The first-order valence-corrected chi connectivity index (χ1v) is 19.2. The van der Waals surface area contributed by atoms with Crippen LogP contribution in [-0.2, 0) is 28.2 Å². The maximum atomic E-state index is 12.7. The molecule has 1 amide bonds. The van der Waals surface area contributed by atoms with Crippen molar-refractivity contribution in [2.45, 2.75) is 88.8 Å². The van der Waals surface area contributed by atoms with Gasteiger partial charge in [-0.2, -0.15) is 0 Å². The topological polar surface area (TPSA) is 92.3 Å². The minimum absolute atomic E-state index is 0.0798. The first kappa shape index (κ1) is 28.9. The van der Waals surface area contributed by atoms with E-state index in [-0.39, 0.29) is 48.9 Å². The second-order valence-corrected chi connectivity index (χ2v) is 22.1. The van der Waals surface area contributed by atoms with Crippen LogP contribution < -0.4 is 5.32 Å². The van der Waals surface area contributed by atoms with Gasteiger partial charge in [0.25, 0.3) is 0 Å². The second kappa shape index (κ2) is 10.3. The van der Waals surface area contributed by atoms with E-state index in [1.165, 1.54) is 6.08 Å². The molecule has 8 nitrogen and oxygen atoms in total. The van der Waals surface area contributed by atoms with E-state index in [9.17, 15) is 9.59 Å². The first-order valence-electron chi connectivity index (χ1n) is 12.8. The van der Waals surface area contributed by atoms with Gasteiger partial charge < -0.3 is 28.7 Å². The number of ether oxygens (including phenoxy) is 4. The zero-order valence-corrected chi connectivity index (χ0v) is 25.1. The molecule has 1 saturated carbocycles. The summed E-state index contributed by atoms with van der Waals surface area (Å²) in [5.74, 6) is 1.49. The van der Waals surface area contributed by atoms with Crippen LogP contribution in [0.5, 0.6) is 0 Å². The molecular weight excluding hydrogens is 494 g/mol. The predicted molar refractivity (Wildman–Crippen MR) is 142 cm³/mol. The van der Waals surface area contributed by atoms with E-state index in [4.69, 9.17) is 23.4 Å². The first-order chi connectivity index (χ1) is 16.5. The SMILES string of the molecule is C=CCOC(=O)N[C@H]1[C@@H]2COC(=O)C[C@@H]2[C@@](C#C[Si](C)(C)C)(O[Si](C)(C)C(C)(C)C)CC12OCCO2. The summed E-state index contributed by atoms with van der Waals surface area (Å²) in [5, 5.41) is 2.89. The summed E-state index contributed by atoms with van der Waals surface area (Å²) < 4.78 is 30.6. The molecule has 0 unspecified atom stereocenters. The van der Waals surface area contributed by atoms with E-state index >= 15 is 0 Å². The Kier molecular flexibility index (Phi) is 8.24. The molecule has 36 heavy (non-hydrogen) atoms. The molecular formula is C26H43NO7Si2. The summed E-state index contributed by atoms with van der Waals surface area (Å²) in [4.78, 5) is 25.3. The van der Waals surface area contributed by atoms with Crippen LogP contribution in [0.25, 0.3) is 0 Å². The lowest BCUT2D eigenvalue weighted by atomic mass is 9.62. The fourth-order valence-corrected chi connectivity index (χ4v) is 6.99. The van der Waals surface area contributed by atoms with Crippen molar-refractivity contribution in [3.63, 3.8) is 0 Å². The molecule has 2 heterocycles. The lowest BCUT2D eigenvalue weighted by Crippen LogP contribution is -2.72. The number of cyclic esters (lactones) is 1. The maximum absolute atomic E-state index is 12.7. The molecule has 10 heteroatoms. The summed E-state index contributed by atoms with van der Waals surface area (Å²) in [5.41, 5.74) is 2.56. The van der Waals surface area contributed by atoms with Crippen LogP contribution in [0, 0.1) is 23.3 Å². The van der Waals surface area contributed by atoms with Gasteiger partial charge in [0.15, 0.2) is 14.1 Å². The highest BCUT2D eigenvalue weighted by molar-refractivity contribution is 6.83. The Morgan fingerprint density at radius 1 is 1.22 bits per heavy atom. The number of rotatable bonds is 5. The van der Waals surface area contributed by atoms with Gasteiger partial charge >= 0.3 is 12.1 Å². The monoisotopic (exact) mass is 537 g/mol. The number of alkyl carbamates (subject to hydrolysis) is 1. The zero-order valence-electron chi connectivity index (χ0n) is 23.1. The number of nitrogens with one attached hydrogen (secondary N) is 1. The minimum atomic E-state index is -2.37. The van der Waals surface area contributed by atoms with Crippen molar-refractivity contribution in [2.24, 2.45) is 11.8 Å². The standard InChI is InChI=1S/C26H43NO7Si2/c1-10-12-30-23(29)27-22-19-17-31-21(28)16-20(19)25(11-15-35(5,6)7,18-26(22)32-13-14-33-26)34-36(8,9)24(2,3)4/h10,19-20,22H,1,12-14,16-18H2,2-9H3,(H,27,29)/t19-,20+,22+,25+/m1/s1. The van der Waals surface area contributed by atoms with E-state index in [1.807, 2.05) is 0 Å². The largest absolute Gasteiger partial charge is 0.465 e. The molecule has 1 spiro atoms. The van der Waals surface area contributed by atoms with Crippen LogP contribution in [0.4, 0.5) is 4.79 Å². The van der Waals surface area contributed by atoms with E-state index in [2.05, 4.69) is 76.9 Å². The quantitative estimate of drug-likeness (QED) is 0.243. The van der Waals surface area contributed by atoms with Crippen LogP contribution in [0.2, 0.25) is 37.8 Å². The summed E-state index contributed by atoms with van der Waals surface area (Å²) in [6, 6.07) is -0.597. The van der Waals surface area contributed by atoms with Gasteiger partial charge in [0, 0.05) is 18.3 Å². The van der Waals surface area contributed by atoms with Crippen molar-refractivity contribution in [2.75, 3.05) is 26.4 Å². The third kappa shape index (κ3) is 6.08. The Morgan fingerprint density at radius 2 is 1.86 bits per heavy atom. The molecule has 202 valence electrons. The van der Waals surface area contributed by atoms with E-state index in [1.54, 1.807) is 0 Å². The summed E-state index contributed by atoms with van der Waals surface area (Å²) in [6.07, 6.45) is 1.34. The molecule has 0 aromatic carbocycles. The molecule has 1 N–H and O–H groups in total. The summed E-state index contributed by atoms with van der Waals surface area (Å²) in [7, 11) is -4.19. The van der Waals surface area contributed by atoms with Crippen LogP contribution in [0.1, 0.15) is 33.6 Å². The Balaban J connectivity index is 2.16. The fraction of sp³-hybridized carbons (Fsp3) is 0.769. The van der Waals surface area contributed by atoms with Gasteiger partial charge in [0.1, 0.15) is 20.3 Å². The van der Waals surface area contributed by atoms with Crippen LogP contribution in [-0.4, -0.2) is 72.3 Å². The van der Waals surface area contributed by atoms with Crippen molar-refractivity contribution in [3.8, 4) is 11.5 Å². The smallest absolute Gasteiger partial charge is 0.407 e. The minimum Gasteiger partial charge on any atom is -0.465 e. The third-order valence-electron chi connectivity index (χ3n) is 7.62. The summed E-state index contributed by atoms with van der Waals surface area (Å²) in [6.45, 7) is 22.1. The lowest BCUT2D eigenvalue weighted by Gasteiger charge is -2.58. The number of fused-ring (bicyclic) bond motifs is 1. The van der Waals surface area contributed by atoms with E-state index < -0.39 is 39.9 Å². The Bertz CT molecular complexity index is 921. The molecule has 0 bridgehead atoms. The number of amides is 1. The molecule has 1 aliphatic carbocycles. The van der Waals surface area contributed by atoms with Gasteiger partial charge in [0.05, 0.1) is 32.3 Å². The van der Waals surface area contributed by atoms with Gasteiger partial charge in [-0.1, -0.05) is 59.0 Å². The highest BCUT2D eigenvalue weighted by Gasteiger charge is 2.66. The highest BCUT2D eigenvalue weighted by Crippen LogP contribution is 2.54. The van der Waals surface area contributed by atoms with Crippen molar-refractivity contribution >= 4 is 28.5 Å². The molecule has 2 aliphatic heterocycles. The van der Waals surface area contributed by atoms with Gasteiger partial charge in [-0.25, -0.2) is 4.79 Å². The zero-order chi connectivity index (χ0) is 27.0. The number of carbonyl (C=O) groups is 2. The van der Waals surface area contributed by atoms with Crippen molar-refractivity contribution < 1.29 is 33.0 Å². The van der Waals surface area contributed by atoms with Crippen LogP contribution in [0.3, 0.4) is 0 Å². The molecule has 3 aliphatic rings. The van der Waals surface area contributed by atoms with E-state index in [0.717, 1.165) is 0 Å². The maximum Gasteiger partial charge on any atom is 0.407 e. The number of hydrogen-bond acceptors (Lipinski definition) is 7. The van der Waals surface area contributed by atoms with Crippen molar-refractivity contribution in [3.05, 3.63) is 12.7 Å². The number of hydrogen-bond donors (Lipinski definition) is 1. The Hall–Kier alpha value is -1.65. The van der Waals surface area contributed by atoms with Crippen LogP contribution >= 0.6 is 0 Å². The van der Waals surface area contributed by atoms with Crippen LogP contribution in [0.15, 0.2) is 12.7 Å². The number of carbonyl (C=O) groups excluding carboxylic acids is 2. The molecule has 0 radical (unpaired) electrons. The highest BCUT2D eigenvalue weighted by atomic mass is 28.4. The molecule has 2 saturated heterocycles. The molecule has 0 aromatic rings. The Morgan fingerprint density at radius 3 is 2.42 bits per heavy atom. The molecule has 3 fully saturated rings.